The van der Waals surface area contributed by atoms with Gasteiger partial charge in [0.25, 0.3) is 0 Å². The predicted octanol–water partition coefficient (Wildman–Crippen LogP) is -0.296. The van der Waals surface area contributed by atoms with Gasteiger partial charge in [-0.1, -0.05) is 12.2 Å². The van der Waals surface area contributed by atoms with Crippen molar-refractivity contribution in [2.75, 3.05) is 0 Å². The Balaban J connectivity index is 2.20. The summed E-state index contributed by atoms with van der Waals surface area (Å²) in [5.41, 5.74) is 0.792. The molecule has 3 aliphatic rings. The van der Waals surface area contributed by atoms with E-state index in [4.69, 9.17) is 4.74 Å². The molecule has 0 aromatic carbocycles. The monoisotopic (exact) mass is 164 g/mol. The normalized spacial score (nSPS) is 36.3. The zero-order valence-corrected chi connectivity index (χ0v) is 5.94. The van der Waals surface area contributed by atoms with E-state index in [0.717, 1.165) is 0 Å². The Morgan fingerprint density at radius 3 is 2.00 bits per heavy atom. The third kappa shape index (κ3) is 0.494. The molecule has 0 aromatic rings. The minimum absolute atomic E-state index is 0.344. The number of ether oxygens (including phenoxy) is 2. The van der Waals surface area contributed by atoms with Gasteiger partial charge in [-0.3, -0.25) is 0 Å². The summed E-state index contributed by atoms with van der Waals surface area (Å²) >= 11 is 0. The minimum Gasteiger partial charge on any atom is -0.386 e. The number of carbonyl (C=O) groups excluding carboxylic acids is 2. The second-order valence-corrected chi connectivity index (χ2v) is 2.87. The second kappa shape index (κ2) is 1.67. The van der Waals surface area contributed by atoms with Crippen molar-refractivity contribution in [1.29, 1.82) is 0 Å². The molecule has 2 bridgehead atoms. The van der Waals surface area contributed by atoms with Gasteiger partial charge >= 0.3 is 11.9 Å². The van der Waals surface area contributed by atoms with Crippen LogP contribution >= 0.6 is 0 Å². The fraction of sp³-hybridized carbons (Fsp3) is 0.250. The molecule has 3 heterocycles. The van der Waals surface area contributed by atoms with Gasteiger partial charge in [0, 0.05) is 0 Å². The molecule has 4 heteroatoms. The highest BCUT2D eigenvalue weighted by molar-refractivity contribution is 6.15. The first-order chi connectivity index (χ1) is 5.77. The molecule has 2 atom stereocenters. The highest BCUT2D eigenvalue weighted by Gasteiger charge is 2.49. The molecule has 3 aliphatic heterocycles. The minimum atomic E-state index is -0.549. The number of cyclic esters (lactones) is 2. The van der Waals surface area contributed by atoms with Gasteiger partial charge in [0.15, 0.2) is 0 Å². The van der Waals surface area contributed by atoms with Gasteiger partial charge in [-0.2, -0.15) is 0 Å². The van der Waals surface area contributed by atoms with E-state index < -0.39 is 11.9 Å². The molecule has 60 valence electrons. The third-order valence-electron chi connectivity index (χ3n) is 2.24. The lowest BCUT2D eigenvalue weighted by molar-refractivity contribution is -0.152. The standard InChI is InChI=1S/C8H4O4/c9-7-5-3-1-2-4(11-3)6(5)8(10)12-7/h1-4H/t3-,4-/m1/s1. The van der Waals surface area contributed by atoms with Crippen LogP contribution in [0.1, 0.15) is 0 Å². The topological polar surface area (TPSA) is 52.6 Å². The van der Waals surface area contributed by atoms with E-state index in [1.54, 1.807) is 12.2 Å². The molecule has 0 fully saturated rings. The van der Waals surface area contributed by atoms with Crippen molar-refractivity contribution in [3.63, 3.8) is 0 Å². The first-order valence-electron chi connectivity index (χ1n) is 3.62. The molecule has 3 rings (SSSR count). The Morgan fingerprint density at radius 2 is 1.50 bits per heavy atom. The Bertz CT molecular complexity index is 331. The molecular formula is C8H4O4. The number of fused-ring (bicyclic) bond motifs is 4. The van der Waals surface area contributed by atoms with Gasteiger partial charge in [0.1, 0.15) is 12.2 Å². The summed E-state index contributed by atoms with van der Waals surface area (Å²) in [5.74, 6) is -1.10. The molecule has 0 saturated heterocycles. The zero-order chi connectivity index (χ0) is 8.29. The summed E-state index contributed by atoms with van der Waals surface area (Å²) in [6, 6.07) is 0. The molecule has 4 nitrogen and oxygen atoms in total. The number of hydrogen-bond donors (Lipinski definition) is 0. The van der Waals surface area contributed by atoms with Crippen LogP contribution in [-0.2, 0) is 19.1 Å². The van der Waals surface area contributed by atoms with Gasteiger partial charge in [0.2, 0.25) is 0 Å². The number of carbonyl (C=O) groups is 2. The van der Waals surface area contributed by atoms with Gasteiger partial charge in [-0.15, -0.1) is 0 Å². The zero-order valence-electron chi connectivity index (χ0n) is 5.94. The second-order valence-electron chi connectivity index (χ2n) is 2.87. The fourth-order valence-electron chi connectivity index (χ4n) is 1.73. The van der Waals surface area contributed by atoms with Crippen LogP contribution in [0.15, 0.2) is 23.3 Å². The smallest absolute Gasteiger partial charge is 0.345 e. The molecule has 0 saturated carbocycles. The van der Waals surface area contributed by atoms with Gasteiger partial charge in [-0.25, -0.2) is 9.59 Å². The van der Waals surface area contributed by atoms with Crippen LogP contribution in [0.25, 0.3) is 0 Å². The van der Waals surface area contributed by atoms with Crippen LogP contribution in [0.4, 0.5) is 0 Å². The van der Waals surface area contributed by atoms with Crippen LogP contribution in [0.3, 0.4) is 0 Å². The van der Waals surface area contributed by atoms with Crippen molar-refractivity contribution in [2.24, 2.45) is 0 Å². The van der Waals surface area contributed by atoms with E-state index in [-0.39, 0.29) is 12.2 Å². The van der Waals surface area contributed by atoms with Crippen molar-refractivity contribution >= 4 is 11.9 Å². The van der Waals surface area contributed by atoms with Crippen LogP contribution < -0.4 is 0 Å². The number of hydrogen-bond acceptors (Lipinski definition) is 4. The first-order valence-corrected chi connectivity index (χ1v) is 3.62. The highest BCUT2D eigenvalue weighted by atomic mass is 16.6. The maximum Gasteiger partial charge on any atom is 0.345 e. The maximum absolute atomic E-state index is 11.0. The lowest BCUT2D eigenvalue weighted by atomic mass is 9.99. The van der Waals surface area contributed by atoms with Crippen LogP contribution in [-0.4, -0.2) is 24.1 Å². The molecule has 0 unspecified atom stereocenters. The Labute approximate surface area is 67.4 Å². The number of esters is 2. The van der Waals surface area contributed by atoms with Gasteiger partial charge in [-0.05, 0) is 0 Å². The summed E-state index contributed by atoms with van der Waals surface area (Å²) < 4.78 is 9.71. The molecule has 12 heavy (non-hydrogen) atoms. The van der Waals surface area contributed by atoms with E-state index in [0.29, 0.717) is 11.1 Å². The van der Waals surface area contributed by atoms with Crippen LogP contribution in [0, 0.1) is 0 Å². The van der Waals surface area contributed by atoms with Gasteiger partial charge in [0.05, 0.1) is 11.1 Å². The first kappa shape index (κ1) is 6.14. The van der Waals surface area contributed by atoms with Gasteiger partial charge < -0.3 is 9.47 Å². The Hall–Kier alpha value is -1.42. The van der Waals surface area contributed by atoms with E-state index in [1.807, 2.05) is 0 Å². The van der Waals surface area contributed by atoms with E-state index in [2.05, 4.69) is 4.74 Å². The molecule has 0 spiro atoms. The molecule has 0 aliphatic carbocycles. The molecule has 0 amide bonds. The van der Waals surface area contributed by atoms with Crippen molar-refractivity contribution in [3.8, 4) is 0 Å². The highest BCUT2D eigenvalue weighted by Crippen LogP contribution is 2.38. The molecule has 0 radical (unpaired) electrons. The summed E-state index contributed by atoms with van der Waals surface area (Å²) in [6.07, 6.45) is 2.85. The lowest BCUT2D eigenvalue weighted by Gasteiger charge is -2.04. The molecular weight excluding hydrogens is 160 g/mol. The quantitative estimate of drug-likeness (QED) is 0.280. The lowest BCUT2D eigenvalue weighted by Crippen LogP contribution is -2.15. The average Bonchev–Trinajstić information content (AvgIpc) is 2.64. The summed E-state index contributed by atoms with van der Waals surface area (Å²) in [7, 11) is 0. The summed E-state index contributed by atoms with van der Waals surface area (Å²) in [4.78, 5) is 22.1. The van der Waals surface area contributed by atoms with E-state index >= 15 is 0 Å². The number of rotatable bonds is 0. The molecule has 0 aromatic heterocycles. The average molecular weight is 164 g/mol. The fourth-order valence-corrected chi connectivity index (χ4v) is 1.73. The van der Waals surface area contributed by atoms with E-state index in [1.165, 1.54) is 0 Å². The van der Waals surface area contributed by atoms with Crippen molar-refractivity contribution in [1.82, 2.24) is 0 Å². The van der Waals surface area contributed by atoms with Crippen molar-refractivity contribution in [3.05, 3.63) is 23.3 Å². The SMILES string of the molecule is O=C1OC(=O)C2=C1[C@H]1C=C[C@H]2O1. The summed E-state index contributed by atoms with van der Waals surface area (Å²) in [5, 5.41) is 0. The largest absolute Gasteiger partial charge is 0.386 e. The predicted molar refractivity (Wildman–Crippen MR) is 35.9 cm³/mol. The Kier molecular flexibility index (Phi) is 0.851. The molecule has 0 N–H and O–H groups in total. The van der Waals surface area contributed by atoms with Crippen LogP contribution in [0.2, 0.25) is 0 Å². The third-order valence-corrected chi connectivity index (χ3v) is 2.24. The van der Waals surface area contributed by atoms with Crippen LogP contribution in [0.5, 0.6) is 0 Å². The van der Waals surface area contributed by atoms with E-state index in [9.17, 15) is 9.59 Å². The maximum atomic E-state index is 11.0. The van der Waals surface area contributed by atoms with Crippen molar-refractivity contribution < 1.29 is 19.1 Å². The van der Waals surface area contributed by atoms with Crippen molar-refractivity contribution in [2.45, 2.75) is 12.2 Å². The Morgan fingerprint density at radius 1 is 1.00 bits per heavy atom. The summed E-state index contributed by atoms with van der Waals surface area (Å²) in [6.45, 7) is 0.